The summed E-state index contributed by atoms with van der Waals surface area (Å²) in [6, 6.07) is 14.7. The van der Waals surface area contributed by atoms with Gasteiger partial charge >= 0.3 is 0 Å². The van der Waals surface area contributed by atoms with Gasteiger partial charge in [0.1, 0.15) is 0 Å². The van der Waals surface area contributed by atoms with Crippen LogP contribution in [0.3, 0.4) is 0 Å². The minimum Gasteiger partial charge on any atom is -0.390 e. The zero-order valence-electron chi connectivity index (χ0n) is 16.9. The van der Waals surface area contributed by atoms with Gasteiger partial charge in [-0.15, -0.1) is 11.3 Å². The Morgan fingerprint density at radius 2 is 1.90 bits per heavy atom. The molecule has 5 nitrogen and oxygen atoms in total. The third kappa shape index (κ3) is 5.45. The standard InChI is InChI=1S/C23H31N3O2S/c27-22-17-24(16-21(22)25-11-4-5-12-25)18-23(28)26(15-20-9-6-14-29-20)13-10-19-7-2-1-3-8-19/h1-3,6-9,14,21-22,27H,4-5,10-13,15-18H2. The summed E-state index contributed by atoms with van der Waals surface area (Å²) >= 11 is 1.70. The number of thiophene rings is 1. The summed E-state index contributed by atoms with van der Waals surface area (Å²) in [5, 5.41) is 12.6. The average molecular weight is 414 g/mol. The minimum absolute atomic E-state index is 0.156. The second kappa shape index (κ2) is 9.85. The van der Waals surface area contributed by atoms with Crippen molar-refractivity contribution in [3.63, 3.8) is 0 Å². The molecule has 0 radical (unpaired) electrons. The van der Waals surface area contributed by atoms with Crippen molar-refractivity contribution in [3.05, 3.63) is 58.3 Å². The second-order valence-electron chi connectivity index (χ2n) is 8.20. The summed E-state index contributed by atoms with van der Waals surface area (Å²) in [5.41, 5.74) is 1.25. The van der Waals surface area contributed by atoms with E-state index in [1.165, 1.54) is 23.3 Å². The predicted molar refractivity (Wildman–Crippen MR) is 117 cm³/mol. The first-order valence-corrected chi connectivity index (χ1v) is 11.6. The molecule has 0 aliphatic carbocycles. The van der Waals surface area contributed by atoms with E-state index in [-0.39, 0.29) is 18.1 Å². The lowest BCUT2D eigenvalue weighted by Crippen LogP contribution is -2.42. The van der Waals surface area contributed by atoms with Crippen molar-refractivity contribution in [2.75, 3.05) is 39.3 Å². The molecule has 0 spiro atoms. The lowest BCUT2D eigenvalue weighted by molar-refractivity contribution is -0.132. The number of amides is 1. The number of hydrogen-bond donors (Lipinski definition) is 1. The quantitative estimate of drug-likeness (QED) is 0.722. The Hall–Kier alpha value is -1.73. The van der Waals surface area contributed by atoms with Gasteiger partial charge in [-0.1, -0.05) is 36.4 Å². The van der Waals surface area contributed by atoms with Crippen LogP contribution in [0.5, 0.6) is 0 Å². The van der Waals surface area contributed by atoms with E-state index in [9.17, 15) is 9.90 Å². The molecule has 1 N–H and O–H groups in total. The van der Waals surface area contributed by atoms with Crippen LogP contribution in [0.15, 0.2) is 47.8 Å². The first-order chi connectivity index (χ1) is 14.2. The fraction of sp³-hybridized carbons (Fsp3) is 0.522. The highest BCUT2D eigenvalue weighted by atomic mass is 32.1. The van der Waals surface area contributed by atoms with Gasteiger partial charge in [0.15, 0.2) is 0 Å². The van der Waals surface area contributed by atoms with Gasteiger partial charge in [-0.2, -0.15) is 0 Å². The van der Waals surface area contributed by atoms with Crippen molar-refractivity contribution in [2.45, 2.75) is 38.0 Å². The molecule has 1 aromatic heterocycles. The first kappa shape index (κ1) is 20.5. The number of likely N-dealkylation sites (tertiary alicyclic amines) is 2. The van der Waals surface area contributed by atoms with Crippen LogP contribution in [0, 0.1) is 0 Å². The van der Waals surface area contributed by atoms with Gasteiger partial charge in [0.05, 0.1) is 19.2 Å². The Bertz CT molecular complexity index is 762. The smallest absolute Gasteiger partial charge is 0.237 e. The largest absolute Gasteiger partial charge is 0.390 e. The molecule has 1 aromatic carbocycles. The van der Waals surface area contributed by atoms with Crippen molar-refractivity contribution in [2.24, 2.45) is 0 Å². The van der Waals surface area contributed by atoms with Crippen LogP contribution in [-0.2, 0) is 17.8 Å². The number of β-amino-alcohol motifs (C(OH)–C–C–N with tert-alkyl or cyclic N) is 1. The fourth-order valence-electron chi connectivity index (χ4n) is 4.49. The number of benzene rings is 1. The van der Waals surface area contributed by atoms with Gasteiger partial charge in [-0.3, -0.25) is 14.6 Å². The number of rotatable bonds is 8. The Morgan fingerprint density at radius 3 is 2.62 bits per heavy atom. The third-order valence-electron chi connectivity index (χ3n) is 6.10. The van der Waals surface area contributed by atoms with Crippen LogP contribution in [-0.4, -0.2) is 77.1 Å². The van der Waals surface area contributed by atoms with E-state index >= 15 is 0 Å². The van der Waals surface area contributed by atoms with Gasteiger partial charge in [-0.05, 0) is 49.4 Å². The predicted octanol–water partition coefficient (Wildman–Crippen LogP) is 2.46. The number of carbonyl (C=O) groups excluding carboxylic acids is 1. The minimum atomic E-state index is -0.351. The fourth-order valence-corrected chi connectivity index (χ4v) is 5.21. The van der Waals surface area contributed by atoms with Crippen LogP contribution in [0.4, 0.5) is 0 Å². The number of nitrogens with zero attached hydrogens (tertiary/aromatic N) is 3. The first-order valence-electron chi connectivity index (χ1n) is 10.7. The molecular formula is C23H31N3O2S. The normalized spacial score (nSPS) is 22.9. The molecule has 29 heavy (non-hydrogen) atoms. The molecule has 2 atom stereocenters. The Labute approximate surface area is 177 Å². The Morgan fingerprint density at radius 1 is 1.10 bits per heavy atom. The lowest BCUT2D eigenvalue weighted by atomic mass is 10.1. The molecule has 2 aromatic rings. The van der Waals surface area contributed by atoms with Crippen LogP contribution in [0.1, 0.15) is 23.3 Å². The zero-order valence-corrected chi connectivity index (χ0v) is 17.8. The molecule has 4 rings (SSSR count). The maximum Gasteiger partial charge on any atom is 0.237 e. The highest BCUT2D eigenvalue weighted by Crippen LogP contribution is 2.21. The third-order valence-corrected chi connectivity index (χ3v) is 6.96. The van der Waals surface area contributed by atoms with Gasteiger partial charge in [-0.25, -0.2) is 0 Å². The molecule has 1 amide bonds. The summed E-state index contributed by atoms with van der Waals surface area (Å²) in [7, 11) is 0. The Balaban J connectivity index is 1.36. The Kier molecular flexibility index (Phi) is 6.98. The van der Waals surface area contributed by atoms with Crippen molar-refractivity contribution in [3.8, 4) is 0 Å². The van der Waals surface area contributed by atoms with Gasteiger partial charge < -0.3 is 10.0 Å². The molecule has 2 aliphatic heterocycles. The van der Waals surface area contributed by atoms with E-state index in [1.54, 1.807) is 11.3 Å². The van der Waals surface area contributed by atoms with Crippen LogP contribution < -0.4 is 0 Å². The maximum atomic E-state index is 13.2. The van der Waals surface area contributed by atoms with Gasteiger partial charge in [0.25, 0.3) is 0 Å². The summed E-state index contributed by atoms with van der Waals surface area (Å²) < 4.78 is 0. The summed E-state index contributed by atoms with van der Waals surface area (Å²) in [6.07, 6.45) is 2.94. The van der Waals surface area contributed by atoms with E-state index < -0.39 is 0 Å². The summed E-state index contributed by atoms with van der Waals surface area (Å²) in [6.45, 7) is 5.30. The molecule has 2 fully saturated rings. The molecule has 0 saturated carbocycles. The summed E-state index contributed by atoms with van der Waals surface area (Å²) in [4.78, 5) is 20.9. The van der Waals surface area contributed by atoms with Crippen molar-refractivity contribution in [1.82, 2.24) is 14.7 Å². The van der Waals surface area contributed by atoms with Crippen molar-refractivity contribution < 1.29 is 9.90 Å². The molecule has 3 heterocycles. The van der Waals surface area contributed by atoms with Crippen molar-refractivity contribution in [1.29, 1.82) is 0 Å². The number of aliphatic hydroxyl groups is 1. The number of aliphatic hydroxyl groups excluding tert-OH is 1. The van der Waals surface area contributed by atoms with Crippen LogP contribution in [0.2, 0.25) is 0 Å². The van der Waals surface area contributed by atoms with E-state index in [0.717, 1.165) is 26.1 Å². The van der Waals surface area contributed by atoms with E-state index in [0.29, 0.717) is 26.2 Å². The molecule has 2 unspecified atom stereocenters. The molecule has 2 aliphatic rings. The van der Waals surface area contributed by atoms with Crippen molar-refractivity contribution >= 4 is 17.2 Å². The highest BCUT2D eigenvalue weighted by Gasteiger charge is 2.37. The summed E-state index contributed by atoms with van der Waals surface area (Å²) in [5.74, 6) is 0.156. The van der Waals surface area contributed by atoms with E-state index in [4.69, 9.17) is 0 Å². The van der Waals surface area contributed by atoms with Gasteiger partial charge in [0.2, 0.25) is 5.91 Å². The molecular weight excluding hydrogens is 382 g/mol. The van der Waals surface area contributed by atoms with Crippen LogP contribution in [0.25, 0.3) is 0 Å². The molecule has 156 valence electrons. The monoisotopic (exact) mass is 413 g/mol. The second-order valence-corrected chi connectivity index (χ2v) is 9.23. The lowest BCUT2D eigenvalue weighted by Gasteiger charge is -2.27. The van der Waals surface area contributed by atoms with Gasteiger partial charge in [0, 0.05) is 30.6 Å². The van der Waals surface area contributed by atoms with Crippen LogP contribution >= 0.6 is 11.3 Å². The number of carbonyl (C=O) groups is 1. The SMILES string of the molecule is O=C(CN1CC(O)C(N2CCCC2)C1)N(CCc1ccccc1)Cc1cccs1. The number of hydrogen-bond acceptors (Lipinski definition) is 5. The molecule has 6 heteroatoms. The topological polar surface area (TPSA) is 47.0 Å². The highest BCUT2D eigenvalue weighted by molar-refractivity contribution is 7.09. The average Bonchev–Trinajstić information content (AvgIpc) is 3.48. The maximum absolute atomic E-state index is 13.2. The van der Waals surface area contributed by atoms with E-state index in [1.807, 2.05) is 29.2 Å². The molecule has 2 saturated heterocycles. The molecule has 0 bridgehead atoms. The van der Waals surface area contributed by atoms with E-state index in [2.05, 4.69) is 33.4 Å². The zero-order chi connectivity index (χ0) is 20.1.